The highest BCUT2D eigenvalue weighted by Gasteiger charge is 2.15. The Morgan fingerprint density at radius 2 is 2.31 bits per heavy atom. The standard InChI is InChI=1S/C10H21NS2/c1-9(11-2)5-3-4-6-10-7-8-12-13-10/h9-11H,3-8H2,1-2H3. The van der Waals surface area contributed by atoms with E-state index in [9.17, 15) is 0 Å². The van der Waals surface area contributed by atoms with Gasteiger partial charge in [0.2, 0.25) is 0 Å². The molecule has 2 unspecified atom stereocenters. The molecule has 2 atom stereocenters. The van der Waals surface area contributed by atoms with Crippen LogP contribution in [0.25, 0.3) is 0 Å². The topological polar surface area (TPSA) is 12.0 Å². The predicted octanol–water partition coefficient (Wildman–Crippen LogP) is 3.31. The Hall–Kier alpha value is 0.660. The molecule has 0 saturated carbocycles. The lowest BCUT2D eigenvalue weighted by atomic mass is 10.1. The fraction of sp³-hybridized carbons (Fsp3) is 1.00. The summed E-state index contributed by atoms with van der Waals surface area (Å²) in [7, 11) is 6.21. The van der Waals surface area contributed by atoms with Gasteiger partial charge in [-0.15, -0.1) is 0 Å². The molecule has 1 aliphatic heterocycles. The molecule has 0 aromatic rings. The van der Waals surface area contributed by atoms with E-state index in [1.54, 1.807) is 0 Å². The minimum Gasteiger partial charge on any atom is -0.317 e. The molecule has 0 amide bonds. The van der Waals surface area contributed by atoms with Crippen LogP contribution in [0.2, 0.25) is 0 Å². The zero-order valence-electron chi connectivity index (χ0n) is 8.71. The third kappa shape index (κ3) is 5.18. The molecule has 0 radical (unpaired) electrons. The van der Waals surface area contributed by atoms with Crippen molar-refractivity contribution < 1.29 is 0 Å². The monoisotopic (exact) mass is 219 g/mol. The van der Waals surface area contributed by atoms with Gasteiger partial charge in [0.15, 0.2) is 0 Å². The smallest absolute Gasteiger partial charge is 0.0159 e. The molecule has 0 spiro atoms. The number of hydrogen-bond acceptors (Lipinski definition) is 3. The average Bonchev–Trinajstić information content (AvgIpc) is 2.64. The van der Waals surface area contributed by atoms with Gasteiger partial charge in [-0.3, -0.25) is 0 Å². The molecule has 3 heteroatoms. The number of hydrogen-bond donors (Lipinski definition) is 1. The Labute approximate surface area is 90.2 Å². The molecule has 1 nitrogen and oxygen atoms in total. The second-order valence-corrected chi connectivity index (χ2v) is 6.59. The van der Waals surface area contributed by atoms with Crippen molar-refractivity contribution in [2.24, 2.45) is 0 Å². The third-order valence-electron chi connectivity index (χ3n) is 2.63. The summed E-state index contributed by atoms with van der Waals surface area (Å²) in [5.41, 5.74) is 0. The van der Waals surface area contributed by atoms with E-state index in [1.807, 2.05) is 7.05 Å². The molecule has 1 N–H and O–H groups in total. The van der Waals surface area contributed by atoms with Crippen molar-refractivity contribution in [2.75, 3.05) is 12.8 Å². The van der Waals surface area contributed by atoms with Crippen molar-refractivity contribution in [3.05, 3.63) is 0 Å². The molecule has 1 saturated heterocycles. The first-order valence-electron chi connectivity index (χ1n) is 5.28. The van der Waals surface area contributed by atoms with Gasteiger partial charge in [0.1, 0.15) is 0 Å². The molecule has 0 aromatic heterocycles. The highest BCUT2D eigenvalue weighted by molar-refractivity contribution is 8.77. The molecule has 0 aromatic carbocycles. The second-order valence-electron chi connectivity index (χ2n) is 3.80. The molecular weight excluding hydrogens is 198 g/mol. The van der Waals surface area contributed by atoms with Crippen molar-refractivity contribution in [3.63, 3.8) is 0 Å². The fourth-order valence-corrected chi connectivity index (χ4v) is 4.56. The predicted molar refractivity (Wildman–Crippen MR) is 65.4 cm³/mol. The Morgan fingerprint density at radius 1 is 1.46 bits per heavy atom. The first-order valence-corrected chi connectivity index (χ1v) is 7.66. The largest absolute Gasteiger partial charge is 0.317 e. The number of unbranched alkanes of at least 4 members (excludes halogenated alkanes) is 1. The Kier molecular flexibility index (Phi) is 6.33. The van der Waals surface area contributed by atoms with Crippen molar-refractivity contribution in [2.45, 2.75) is 50.3 Å². The van der Waals surface area contributed by atoms with Gasteiger partial charge in [-0.1, -0.05) is 34.4 Å². The third-order valence-corrected chi connectivity index (χ3v) is 5.64. The van der Waals surface area contributed by atoms with Crippen LogP contribution in [0.5, 0.6) is 0 Å². The van der Waals surface area contributed by atoms with Gasteiger partial charge in [-0.05, 0) is 33.2 Å². The van der Waals surface area contributed by atoms with Crippen LogP contribution in [0.3, 0.4) is 0 Å². The number of rotatable bonds is 6. The zero-order chi connectivity index (χ0) is 9.52. The minimum atomic E-state index is 0.700. The van der Waals surface area contributed by atoms with Gasteiger partial charge in [0.25, 0.3) is 0 Å². The quantitative estimate of drug-likeness (QED) is 0.544. The van der Waals surface area contributed by atoms with Crippen molar-refractivity contribution in [1.29, 1.82) is 0 Å². The molecule has 1 fully saturated rings. The summed E-state index contributed by atoms with van der Waals surface area (Å²) in [5, 5.41) is 4.25. The summed E-state index contributed by atoms with van der Waals surface area (Å²) in [6.07, 6.45) is 7.03. The van der Waals surface area contributed by atoms with Crippen LogP contribution >= 0.6 is 21.6 Å². The molecule has 0 aliphatic carbocycles. The van der Waals surface area contributed by atoms with Gasteiger partial charge >= 0.3 is 0 Å². The van der Waals surface area contributed by atoms with Crippen LogP contribution in [-0.2, 0) is 0 Å². The molecule has 78 valence electrons. The van der Waals surface area contributed by atoms with Crippen molar-refractivity contribution in [1.82, 2.24) is 5.32 Å². The van der Waals surface area contributed by atoms with Crippen LogP contribution < -0.4 is 5.32 Å². The van der Waals surface area contributed by atoms with Crippen LogP contribution in [0.4, 0.5) is 0 Å². The number of nitrogens with one attached hydrogen (secondary N) is 1. The summed E-state index contributed by atoms with van der Waals surface area (Å²) in [6, 6.07) is 0.700. The summed E-state index contributed by atoms with van der Waals surface area (Å²) < 4.78 is 0. The summed E-state index contributed by atoms with van der Waals surface area (Å²) in [4.78, 5) is 0. The maximum atomic E-state index is 3.28. The Balaban J connectivity index is 1.88. The van der Waals surface area contributed by atoms with E-state index in [4.69, 9.17) is 0 Å². The van der Waals surface area contributed by atoms with E-state index in [0.29, 0.717) is 6.04 Å². The maximum absolute atomic E-state index is 3.28. The lowest BCUT2D eigenvalue weighted by Gasteiger charge is -2.10. The normalized spacial score (nSPS) is 24.9. The van der Waals surface area contributed by atoms with Crippen LogP contribution in [0.1, 0.15) is 39.0 Å². The molecule has 1 heterocycles. The van der Waals surface area contributed by atoms with Gasteiger partial charge in [0.05, 0.1) is 0 Å². The van der Waals surface area contributed by atoms with Gasteiger partial charge in [-0.2, -0.15) is 0 Å². The average molecular weight is 219 g/mol. The zero-order valence-corrected chi connectivity index (χ0v) is 10.3. The fourth-order valence-electron chi connectivity index (χ4n) is 1.53. The first-order chi connectivity index (χ1) is 6.33. The summed E-state index contributed by atoms with van der Waals surface area (Å²) in [6.45, 7) is 2.26. The van der Waals surface area contributed by atoms with Gasteiger partial charge in [0, 0.05) is 17.0 Å². The maximum Gasteiger partial charge on any atom is 0.0159 e. The second kappa shape index (κ2) is 7.02. The molecule has 13 heavy (non-hydrogen) atoms. The van der Waals surface area contributed by atoms with E-state index < -0.39 is 0 Å². The molecule has 1 aliphatic rings. The van der Waals surface area contributed by atoms with E-state index >= 15 is 0 Å². The Morgan fingerprint density at radius 3 is 2.92 bits per heavy atom. The first kappa shape index (κ1) is 11.7. The molecule has 0 bridgehead atoms. The van der Waals surface area contributed by atoms with Gasteiger partial charge in [-0.25, -0.2) is 0 Å². The van der Waals surface area contributed by atoms with Gasteiger partial charge < -0.3 is 5.32 Å². The van der Waals surface area contributed by atoms with Crippen LogP contribution in [0.15, 0.2) is 0 Å². The highest BCUT2D eigenvalue weighted by atomic mass is 33.1. The summed E-state index contributed by atoms with van der Waals surface area (Å²) in [5.74, 6) is 1.38. The minimum absolute atomic E-state index is 0.700. The molecule has 1 rings (SSSR count). The lowest BCUT2D eigenvalue weighted by Crippen LogP contribution is -2.20. The van der Waals surface area contributed by atoms with Crippen LogP contribution in [-0.4, -0.2) is 24.1 Å². The Bertz CT molecular complexity index is 124. The lowest BCUT2D eigenvalue weighted by molar-refractivity contribution is 0.516. The summed E-state index contributed by atoms with van der Waals surface area (Å²) >= 11 is 0. The van der Waals surface area contributed by atoms with Crippen molar-refractivity contribution in [3.8, 4) is 0 Å². The van der Waals surface area contributed by atoms with E-state index in [0.717, 1.165) is 5.25 Å². The van der Waals surface area contributed by atoms with E-state index in [2.05, 4.69) is 33.8 Å². The highest BCUT2D eigenvalue weighted by Crippen LogP contribution is 2.39. The molecular formula is C10H21NS2. The van der Waals surface area contributed by atoms with Crippen molar-refractivity contribution >= 4 is 21.6 Å². The SMILES string of the molecule is CNC(C)CCCCC1CCSS1. The van der Waals surface area contributed by atoms with Crippen LogP contribution in [0, 0.1) is 0 Å². The van der Waals surface area contributed by atoms with E-state index in [-0.39, 0.29) is 0 Å². The van der Waals surface area contributed by atoms with E-state index in [1.165, 1.54) is 37.9 Å².